The van der Waals surface area contributed by atoms with Gasteiger partial charge in [0.15, 0.2) is 0 Å². The van der Waals surface area contributed by atoms with E-state index in [1.54, 1.807) is 0 Å². The van der Waals surface area contributed by atoms with Crippen molar-refractivity contribution in [1.29, 1.82) is 0 Å². The molecule has 2 aliphatic rings. The lowest BCUT2D eigenvalue weighted by molar-refractivity contribution is 1.52. The third-order valence-electron chi connectivity index (χ3n) is 3.39. The normalized spacial score (nSPS) is 17.0. The van der Waals surface area contributed by atoms with Crippen LogP contribution in [0.2, 0.25) is 0 Å². The van der Waals surface area contributed by atoms with Gasteiger partial charge in [-0.15, -0.1) is 23.5 Å². The highest BCUT2D eigenvalue weighted by atomic mass is 32.2. The fourth-order valence-electron chi connectivity index (χ4n) is 2.58. The Morgan fingerprint density at radius 1 is 0.800 bits per heavy atom. The van der Waals surface area contributed by atoms with Gasteiger partial charge in [0.25, 0.3) is 0 Å². The highest BCUT2D eigenvalue weighted by Crippen LogP contribution is 2.47. The van der Waals surface area contributed by atoms with E-state index in [9.17, 15) is 0 Å². The first kappa shape index (κ1) is 13.8. The number of rotatable bonds is 5. The summed E-state index contributed by atoms with van der Waals surface area (Å²) in [6, 6.07) is 10.7. The third kappa shape index (κ3) is 2.55. The minimum absolute atomic E-state index is 1.12. The van der Waals surface area contributed by atoms with Gasteiger partial charge in [0.1, 0.15) is 0 Å². The molecule has 1 aromatic carbocycles. The molecule has 102 valence electrons. The third-order valence-corrected chi connectivity index (χ3v) is 5.19. The van der Waals surface area contributed by atoms with Crippen LogP contribution in [0, 0.1) is 0 Å². The van der Waals surface area contributed by atoms with Crippen LogP contribution in [-0.2, 0) is 0 Å². The fraction of sp³-hybridized carbons (Fsp3) is 0.222. The van der Waals surface area contributed by atoms with Gasteiger partial charge >= 0.3 is 0 Å². The molecule has 0 radical (unpaired) electrons. The lowest BCUT2D eigenvalue weighted by atomic mass is 10.0. The quantitative estimate of drug-likeness (QED) is 0.687. The second-order valence-corrected chi connectivity index (χ2v) is 7.32. The number of benzene rings is 1. The first-order valence-electron chi connectivity index (χ1n) is 7.04. The Labute approximate surface area is 129 Å². The van der Waals surface area contributed by atoms with Gasteiger partial charge in [-0.3, -0.25) is 0 Å². The molecule has 0 unspecified atom stereocenters. The molecule has 0 heterocycles. The maximum Gasteiger partial charge on any atom is 0.0157 e. The van der Waals surface area contributed by atoms with Crippen LogP contribution in [0.1, 0.15) is 19.4 Å². The SMILES string of the molecule is CCSC1=CC2=C(c3ccccc3)C=C(SCC)C2=C1. The van der Waals surface area contributed by atoms with E-state index in [1.807, 2.05) is 23.5 Å². The van der Waals surface area contributed by atoms with Crippen LogP contribution in [0.4, 0.5) is 0 Å². The van der Waals surface area contributed by atoms with Gasteiger partial charge in [0.2, 0.25) is 0 Å². The lowest BCUT2D eigenvalue weighted by Gasteiger charge is -2.02. The molecule has 3 rings (SSSR count). The minimum Gasteiger partial charge on any atom is -0.126 e. The highest BCUT2D eigenvalue weighted by Gasteiger charge is 2.25. The summed E-state index contributed by atoms with van der Waals surface area (Å²) in [4.78, 5) is 2.82. The minimum atomic E-state index is 1.12. The van der Waals surface area contributed by atoms with E-state index in [0.29, 0.717) is 0 Å². The number of thioether (sulfide) groups is 2. The molecule has 0 atom stereocenters. The Hall–Kier alpha value is -1.12. The number of hydrogen-bond acceptors (Lipinski definition) is 2. The summed E-state index contributed by atoms with van der Waals surface area (Å²) in [6.45, 7) is 4.43. The highest BCUT2D eigenvalue weighted by molar-refractivity contribution is 8.03. The van der Waals surface area contributed by atoms with Crippen LogP contribution in [-0.4, -0.2) is 11.5 Å². The number of fused-ring (bicyclic) bond motifs is 1. The molecule has 0 fully saturated rings. The Morgan fingerprint density at radius 2 is 1.55 bits per heavy atom. The van der Waals surface area contributed by atoms with Crippen molar-refractivity contribution in [1.82, 2.24) is 0 Å². The smallest absolute Gasteiger partial charge is 0.0157 e. The molecular weight excluding hydrogens is 280 g/mol. The summed E-state index contributed by atoms with van der Waals surface area (Å²) >= 11 is 3.87. The van der Waals surface area contributed by atoms with Crippen molar-refractivity contribution in [3.05, 3.63) is 75.1 Å². The zero-order valence-electron chi connectivity index (χ0n) is 11.8. The van der Waals surface area contributed by atoms with Crippen molar-refractivity contribution in [2.24, 2.45) is 0 Å². The molecule has 0 saturated carbocycles. The largest absolute Gasteiger partial charge is 0.126 e. The first-order valence-corrected chi connectivity index (χ1v) is 9.01. The van der Waals surface area contributed by atoms with Gasteiger partial charge in [-0.25, -0.2) is 0 Å². The van der Waals surface area contributed by atoms with E-state index >= 15 is 0 Å². The fourth-order valence-corrected chi connectivity index (χ4v) is 4.15. The van der Waals surface area contributed by atoms with Crippen LogP contribution in [0.15, 0.2) is 69.5 Å². The van der Waals surface area contributed by atoms with Crippen LogP contribution >= 0.6 is 23.5 Å². The Balaban J connectivity index is 2.04. The topological polar surface area (TPSA) is 0 Å². The molecule has 0 nitrogen and oxygen atoms in total. The molecule has 1 aromatic rings. The van der Waals surface area contributed by atoms with E-state index in [1.165, 1.54) is 32.1 Å². The van der Waals surface area contributed by atoms with Crippen molar-refractivity contribution < 1.29 is 0 Å². The predicted molar refractivity (Wildman–Crippen MR) is 93.9 cm³/mol. The van der Waals surface area contributed by atoms with Gasteiger partial charge in [-0.1, -0.05) is 44.2 Å². The Morgan fingerprint density at radius 3 is 2.25 bits per heavy atom. The molecule has 0 saturated heterocycles. The molecule has 20 heavy (non-hydrogen) atoms. The molecule has 2 heteroatoms. The number of hydrogen-bond donors (Lipinski definition) is 0. The van der Waals surface area contributed by atoms with Crippen LogP contribution in [0.25, 0.3) is 5.57 Å². The summed E-state index contributed by atoms with van der Waals surface area (Å²) in [7, 11) is 0. The molecule has 0 aliphatic heterocycles. The molecular formula is C18H18S2. The summed E-state index contributed by atoms with van der Waals surface area (Å²) in [5, 5.41) is 0. The van der Waals surface area contributed by atoms with Crippen molar-refractivity contribution in [2.75, 3.05) is 11.5 Å². The monoisotopic (exact) mass is 298 g/mol. The lowest BCUT2D eigenvalue weighted by Crippen LogP contribution is -1.82. The standard InChI is InChI=1S/C18H18S2/c1-3-19-14-10-16-15(13-8-6-5-7-9-13)12-18(20-4-2)17(16)11-14/h5-12H,3-4H2,1-2H3. The second kappa shape index (κ2) is 6.11. The molecule has 0 spiro atoms. The van der Waals surface area contributed by atoms with Crippen molar-refractivity contribution in [3.8, 4) is 0 Å². The zero-order valence-corrected chi connectivity index (χ0v) is 13.5. The maximum atomic E-state index is 2.36. The van der Waals surface area contributed by atoms with E-state index in [4.69, 9.17) is 0 Å². The second-order valence-electron chi connectivity index (χ2n) is 4.67. The van der Waals surface area contributed by atoms with Crippen LogP contribution in [0.3, 0.4) is 0 Å². The van der Waals surface area contributed by atoms with Crippen molar-refractivity contribution in [3.63, 3.8) is 0 Å². The summed E-state index contributed by atoms with van der Waals surface area (Å²) in [6.07, 6.45) is 7.06. The molecule has 0 bridgehead atoms. The van der Waals surface area contributed by atoms with Gasteiger partial charge < -0.3 is 0 Å². The van der Waals surface area contributed by atoms with Crippen molar-refractivity contribution in [2.45, 2.75) is 13.8 Å². The first-order chi connectivity index (χ1) is 9.83. The molecule has 0 amide bonds. The van der Waals surface area contributed by atoms with Gasteiger partial charge in [0, 0.05) is 9.81 Å². The average Bonchev–Trinajstić information content (AvgIpc) is 3.01. The predicted octanol–water partition coefficient (Wildman–Crippen LogP) is 5.67. The van der Waals surface area contributed by atoms with Gasteiger partial charge in [-0.05, 0) is 52.0 Å². The van der Waals surface area contributed by atoms with E-state index in [-0.39, 0.29) is 0 Å². The van der Waals surface area contributed by atoms with Gasteiger partial charge in [-0.2, -0.15) is 0 Å². The summed E-state index contributed by atoms with van der Waals surface area (Å²) in [5.41, 5.74) is 5.52. The van der Waals surface area contributed by atoms with Crippen LogP contribution in [0.5, 0.6) is 0 Å². The zero-order chi connectivity index (χ0) is 13.9. The molecule has 0 aromatic heterocycles. The van der Waals surface area contributed by atoms with Crippen molar-refractivity contribution >= 4 is 29.1 Å². The number of allylic oxidation sites excluding steroid dienone is 6. The van der Waals surface area contributed by atoms with E-state index < -0.39 is 0 Å². The van der Waals surface area contributed by atoms with E-state index in [2.05, 4.69) is 62.4 Å². The molecule has 2 aliphatic carbocycles. The average molecular weight is 298 g/mol. The molecule has 0 N–H and O–H groups in total. The van der Waals surface area contributed by atoms with Gasteiger partial charge in [0.05, 0.1) is 0 Å². The van der Waals surface area contributed by atoms with Crippen LogP contribution < -0.4 is 0 Å². The Kier molecular flexibility index (Phi) is 4.23. The summed E-state index contributed by atoms with van der Waals surface area (Å²) < 4.78 is 0. The summed E-state index contributed by atoms with van der Waals surface area (Å²) in [5.74, 6) is 2.25. The Bertz CT molecular complexity index is 631. The maximum absolute atomic E-state index is 2.36. The van der Waals surface area contributed by atoms with E-state index in [0.717, 1.165) is 11.5 Å².